The van der Waals surface area contributed by atoms with Crippen molar-refractivity contribution < 1.29 is 13.9 Å². The van der Waals surface area contributed by atoms with Gasteiger partial charge in [0.25, 0.3) is 5.56 Å². The Hall–Kier alpha value is -2.97. The Labute approximate surface area is 168 Å². The Morgan fingerprint density at radius 3 is 2.76 bits per heavy atom. The molecule has 0 radical (unpaired) electrons. The molecule has 3 aromatic rings. The number of aromatic nitrogens is 2. The lowest BCUT2D eigenvalue weighted by atomic mass is 10.1. The first-order valence-corrected chi connectivity index (χ1v) is 9.71. The molecule has 1 fully saturated rings. The Kier molecular flexibility index (Phi) is 5.73. The molecule has 0 spiro atoms. The Morgan fingerprint density at radius 1 is 1.21 bits per heavy atom. The maximum atomic E-state index is 12.6. The summed E-state index contributed by atoms with van der Waals surface area (Å²) in [5.41, 5.74) is -0.273. The molecule has 3 heterocycles. The molecular formula is C21H24N4O4. The number of morpholine rings is 1. The number of ether oxygens (including phenoxy) is 1. The zero-order valence-corrected chi connectivity index (χ0v) is 16.3. The fourth-order valence-electron chi connectivity index (χ4n) is 3.57. The van der Waals surface area contributed by atoms with Crippen LogP contribution in [0.15, 0.2) is 51.8 Å². The molecule has 1 aliphatic rings. The van der Waals surface area contributed by atoms with E-state index in [1.54, 1.807) is 18.3 Å². The molecule has 1 N–H and O–H groups in total. The summed E-state index contributed by atoms with van der Waals surface area (Å²) in [6.07, 6.45) is 1.60. The molecule has 152 valence electrons. The molecule has 1 aromatic carbocycles. The smallest absolute Gasteiger partial charge is 0.275 e. The number of carbonyl (C=O) groups excluding carboxylic acids is 1. The number of hydrogen-bond acceptors (Lipinski definition) is 6. The molecule has 0 saturated carbocycles. The van der Waals surface area contributed by atoms with Crippen LogP contribution < -0.4 is 10.9 Å². The van der Waals surface area contributed by atoms with E-state index < -0.39 is 0 Å². The third-order valence-corrected chi connectivity index (χ3v) is 5.12. The van der Waals surface area contributed by atoms with E-state index >= 15 is 0 Å². The normalized spacial score (nSPS) is 16.0. The standard InChI is InChI=1S/C21H24N4O4/c1-15-6-7-19(29-15)18(24-8-10-28-11-9-24)13-22-20(26)14-25-21(27)17-5-3-2-4-16(17)12-23-25/h2-7,12,18H,8-11,13-14H2,1H3,(H,22,26). The Bertz CT molecular complexity index is 1050. The van der Waals surface area contributed by atoms with E-state index in [-0.39, 0.29) is 24.1 Å². The second-order valence-electron chi connectivity index (χ2n) is 7.11. The second-order valence-corrected chi connectivity index (χ2v) is 7.11. The van der Waals surface area contributed by atoms with Crippen LogP contribution >= 0.6 is 0 Å². The average Bonchev–Trinajstić information content (AvgIpc) is 3.17. The zero-order chi connectivity index (χ0) is 20.2. The van der Waals surface area contributed by atoms with E-state index in [4.69, 9.17) is 9.15 Å². The van der Waals surface area contributed by atoms with Crippen molar-refractivity contribution in [1.29, 1.82) is 0 Å². The summed E-state index contributed by atoms with van der Waals surface area (Å²) in [6, 6.07) is 11.0. The largest absolute Gasteiger partial charge is 0.465 e. The predicted molar refractivity (Wildman–Crippen MR) is 108 cm³/mol. The topological polar surface area (TPSA) is 89.6 Å². The van der Waals surface area contributed by atoms with Crippen molar-refractivity contribution in [2.75, 3.05) is 32.8 Å². The van der Waals surface area contributed by atoms with Crippen LogP contribution in [0.25, 0.3) is 10.8 Å². The number of rotatable bonds is 6. The van der Waals surface area contributed by atoms with Gasteiger partial charge in [0.05, 0.1) is 30.8 Å². The van der Waals surface area contributed by atoms with Gasteiger partial charge in [-0.1, -0.05) is 18.2 Å². The first kappa shape index (κ1) is 19.4. The van der Waals surface area contributed by atoms with Crippen LogP contribution in [0.3, 0.4) is 0 Å². The maximum absolute atomic E-state index is 12.6. The van der Waals surface area contributed by atoms with Gasteiger partial charge in [-0.3, -0.25) is 14.5 Å². The number of benzene rings is 1. The highest BCUT2D eigenvalue weighted by Gasteiger charge is 2.25. The minimum Gasteiger partial charge on any atom is -0.465 e. The molecule has 1 unspecified atom stereocenters. The summed E-state index contributed by atoms with van der Waals surface area (Å²) in [5, 5.41) is 8.36. The first-order chi connectivity index (χ1) is 14.1. The highest BCUT2D eigenvalue weighted by Crippen LogP contribution is 2.23. The monoisotopic (exact) mass is 396 g/mol. The number of amides is 1. The van der Waals surface area contributed by atoms with E-state index in [9.17, 15) is 9.59 Å². The number of aryl methyl sites for hydroxylation is 1. The van der Waals surface area contributed by atoms with E-state index in [1.807, 2.05) is 31.2 Å². The summed E-state index contributed by atoms with van der Waals surface area (Å²) >= 11 is 0. The summed E-state index contributed by atoms with van der Waals surface area (Å²) in [4.78, 5) is 27.3. The number of carbonyl (C=O) groups is 1. The molecule has 1 aliphatic heterocycles. The number of hydrogen-bond donors (Lipinski definition) is 1. The van der Waals surface area contributed by atoms with Crippen LogP contribution in [0.1, 0.15) is 17.6 Å². The molecular weight excluding hydrogens is 372 g/mol. The Balaban J connectivity index is 1.45. The minimum absolute atomic E-state index is 0.0853. The van der Waals surface area contributed by atoms with Gasteiger partial charge in [0.2, 0.25) is 5.91 Å². The third kappa shape index (κ3) is 4.38. The van der Waals surface area contributed by atoms with E-state index in [0.29, 0.717) is 25.1 Å². The molecule has 8 nitrogen and oxygen atoms in total. The van der Waals surface area contributed by atoms with Gasteiger partial charge in [0, 0.05) is 25.0 Å². The van der Waals surface area contributed by atoms with Crippen LogP contribution in [0.2, 0.25) is 0 Å². The number of nitrogens with zero attached hydrogens (tertiary/aromatic N) is 3. The zero-order valence-electron chi connectivity index (χ0n) is 16.3. The van der Waals surface area contributed by atoms with Crippen molar-refractivity contribution >= 4 is 16.7 Å². The van der Waals surface area contributed by atoms with Gasteiger partial charge in [-0.25, -0.2) is 4.68 Å². The molecule has 2 aromatic heterocycles. The second kappa shape index (κ2) is 8.59. The minimum atomic E-state index is -0.273. The maximum Gasteiger partial charge on any atom is 0.275 e. The van der Waals surface area contributed by atoms with Crippen molar-refractivity contribution in [2.45, 2.75) is 19.5 Å². The molecule has 1 atom stereocenters. The van der Waals surface area contributed by atoms with Gasteiger partial charge < -0.3 is 14.5 Å². The summed E-state index contributed by atoms with van der Waals surface area (Å²) in [7, 11) is 0. The number of nitrogens with one attached hydrogen (secondary N) is 1. The van der Waals surface area contributed by atoms with Crippen LogP contribution in [0.4, 0.5) is 0 Å². The SMILES string of the molecule is Cc1ccc(C(CNC(=O)Cn2ncc3ccccc3c2=O)N2CCOCC2)o1. The first-order valence-electron chi connectivity index (χ1n) is 9.71. The lowest BCUT2D eigenvalue weighted by molar-refractivity contribution is -0.122. The fourth-order valence-corrected chi connectivity index (χ4v) is 3.57. The van der Waals surface area contributed by atoms with Crippen LogP contribution in [-0.2, 0) is 16.1 Å². The van der Waals surface area contributed by atoms with Crippen molar-refractivity contribution in [3.63, 3.8) is 0 Å². The van der Waals surface area contributed by atoms with Crippen molar-refractivity contribution in [3.8, 4) is 0 Å². The van der Waals surface area contributed by atoms with Gasteiger partial charge in [-0.2, -0.15) is 5.10 Å². The van der Waals surface area contributed by atoms with Gasteiger partial charge >= 0.3 is 0 Å². The predicted octanol–water partition coefficient (Wildman–Crippen LogP) is 1.49. The summed E-state index contributed by atoms with van der Waals surface area (Å²) < 4.78 is 12.4. The Morgan fingerprint density at radius 2 is 2.00 bits per heavy atom. The van der Waals surface area contributed by atoms with Crippen molar-refractivity contribution in [3.05, 3.63) is 64.5 Å². The highest BCUT2D eigenvalue weighted by atomic mass is 16.5. The summed E-state index contributed by atoms with van der Waals surface area (Å²) in [5.74, 6) is 1.37. The average molecular weight is 396 g/mol. The molecule has 1 saturated heterocycles. The highest BCUT2D eigenvalue weighted by molar-refractivity contribution is 5.81. The summed E-state index contributed by atoms with van der Waals surface area (Å²) in [6.45, 7) is 5.00. The van der Waals surface area contributed by atoms with Crippen LogP contribution in [0, 0.1) is 6.92 Å². The third-order valence-electron chi connectivity index (χ3n) is 5.12. The van der Waals surface area contributed by atoms with Gasteiger partial charge in [0.1, 0.15) is 18.1 Å². The lowest BCUT2D eigenvalue weighted by Gasteiger charge is -2.33. The van der Waals surface area contributed by atoms with Gasteiger partial charge in [-0.05, 0) is 25.1 Å². The fraction of sp³-hybridized carbons (Fsp3) is 0.381. The molecule has 0 aliphatic carbocycles. The molecule has 8 heteroatoms. The van der Waals surface area contributed by atoms with E-state index in [0.717, 1.165) is 30.0 Å². The van der Waals surface area contributed by atoms with Gasteiger partial charge in [-0.15, -0.1) is 0 Å². The molecule has 4 rings (SSSR count). The quantitative estimate of drug-likeness (QED) is 0.679. The van der Waals surface area contributed by atoms with Crippen molar-refractivity contribution in [2.24, 2.45) is 0 Å². The lowest BCUT2D eigenvalue weighted by Crippen LogP contribution is -2.44. The number of fused-ring (bicyclic) bond motifs is 1. The molecule has 0 bridgehead atoms. The van der Waals surface area contributed by atoms with Gasteiger partial charge in [0.15, 0.2) is 0 Å². The number of furan rings is 1. The van der Waals surface area contributed by atoms with Crippen LogP contribution in [0.5, 0.6) is 0 Å². The molecule has 1 amide bonds. The van der Waals surface area contributed by atoms with E-state index in [1.165, 1.54) is 4.68 Å². The van der Waals surface area contributed by atoms with Crippen molar-refractivity contribution in [1.82, 2.24) is 20.0 Å². The van der Waals surface area contributed by atoms with E-state index in [2.05, 4.69) is 15.3 Å². The molecule has 29 heavy (non-hydrogen) atoms. The van der Waals surface area contributed by atoms with Crippen LogP contribution in [-0.4, -0.2) is 53.4 Å².